The first kappa shape index (κ1) is 10.6. The van der Waals surface area contributed by atoms with Crippen LogP contribution in [0, 0.1) is 0 Å². The highest BCUT2D eigenvalue weighted by Gasteiger charge is 2.14. The van der Waals surface area contributed by atoms with Crippen LogP contribution in [-0.4, -0.2) is 10.1 Å². The Morgan fingerprint density at radius 3 is 2.56 bits per heavy atom. The molecule has 0 aliphatic heterocycles. The number of hydrogen-bond acceptors (Lipinski definition) is 4. The minimum atomic E-state index is -0.721. The lowest BCUT2D eigenvalue weighted by Gasteiger charge is -2.14. The molecule has 2 aromatic rings. The molecule has 1 aromatic carbocycles. The van der Waals surface area contributed by atoms with Gasteiger partial charge in [0.25, 0.3) is 0 Å². The SMILES string of the molecule is NNc1ncccc1C(O)c1ccccc1. The van der Waals surface area contributed by atoms with Crippen molar-refractivity contribution in [2.24, 2.45) is 5.84 Å². The van der Waals surface area contributed by atoms with E-state index in [0.29, 0.717) is 11.4 Å². The second kappa shape index (κ2) is 4.74. The van der Waals surface area contributed by atoms with Gasteiger partial charge in [0.2, 0.25) is 0 Å². The van der Waals surface area contributed by atoms with Crippen molar-refractivity contribution in [3.63, 3.8) is 0 Å². The number of aromatic nitrogens is 1. The van der Waals surface area contributed by atoms with E-state index in [0.717, 1.165) is 5.56 Å². The number of nitrogens with two attached hydrogens (primary N) is 1. The number of hydrogen-bond donors (Lipinski definition) is 3. The minimum absolute atomic E-state index is 0.485. The number of pyridine rings is 1. The van der Waals surface area contributed by atoms with Crippen LogP contribution in [0.5, 0.6) is 0 Å². The number of aliphatic hydroxyl groups is 1. The van der Waals surface area contributed by atoms with Gasteiger partial charge >= 0.3 is 0 Å². The number of nitrogens with zero attached hydrogens (tertiary/aromatic N) is 1. The van der Waals surface area contributed by atoms with E-state index in [1.165, 1.54) is 0 Å². The average molecular weight is 215 g/mol. The normalized spacial score (nSPS) is 12.1. The van der Waals surface area contributed by atoms with Crippen LogP contribution in [0.2, 0.25) is 0 Å². The third kappa shape index (κ3) is 2.03. The molecule has 0 spiro atoms. The lowest BCUT2D eigenvalue weighted by molar-refractivity contribution is 0.220. The summed E-state index contributed by atoms with van der Waals surface area (Å²) in [5.41, 5.74) is 3.95. The Hall–Kier alpha value is -1.91. The molecule has 0 aliphatic rings. The molecular formula is C12H13N3O. The van der Waals surface area contributed by atoms with Crippen molar-refractivity contribution in [3.05, 3.63) is 59.8 Å². The molecule has 1 atom stereocenters. The van der Waals surface area contributed by atoms with E-state index < -0.39 is 6.10 Å². The maximum absolute atomic E-state index is 10.2. The number of benzene rings is 1. The lowest BCUT2D eigenvalue weighted by atomic mass is 10.0. The lowest BCUT2D eigenvalue weighted by Crippen LogP contribution is -2.13. The molecule has 0 saturated heterocycles. The maximum Gasteiger partial charge on any atom is 0.146 e. The van der Waals surface area contributed by atoms with E-state index in [9.17, 15) is 5.11 Å². The molecule has 0 fully saturated rings. The zero-order valence-electron chi connectivity index (χ0n) is 8.67. The van der Waals surface area contributed by atoms with Crippen molar-refractivity contribution < 1.29 is 5.11 Å². The molecular weight excluding hydrogens is 202 g/mol. The number of anilines is 1. The third-order valence-electron chi connectivity index (χ3n) is 2.39. The van der Waals surface area contributed by atoms with E-state index in [4.69, 9.17) is 5.84 Å². The van der Waals surface area contributed by atoms with Crippen LogP contribution in [-0.2, 0) is 0 Å². The molecule has 1 aromatic heterocycles. The van der Waals surface area contributed by atoms with Gasteiger partial charge in [-0.3, -0.25) is 0 Å². The fraction of sp³-hybridized carbons (Fsp3) is 0.0833. The zero-order valence-corrected chi connectivity index (χ0v) is 8.67. The molecule has 4 heteroatoms. The molecule has 16 heavy (non-hydrogen) atoms. The minimum Gasteiger partial charge on any atom is -0.384 e. The number of aliphatic hydroxyl groups excluding tert-OH is 1. The molecule has 82 valence electrons. The van der Waals surface area contributed by atoms with Crippen molar-refractivity contribution in [1.29, 1.82) is 0 Å². The van der Waals surface area contributed by atoms with Gasteiger partial charge in [-0.1, -0.05) is 36.4 Å². The van der Waals surface area contributed by atoms with Crippen molar-refractivity contribution >= 4 is 5.82 Å². The summed E-state index contributed by atoms with van der Waals surface area (Å²) in [6.45, 7) is 0. The smallest absolute Gasteiger partial charge is 0.146 e. The highest BCUT2D eigenvalue weighted by molar-refractivity contribution is 5.47. The van der Waals surface area contributed by atoms with Crippen LogP contribution >= 0.6 is 0 Å². The van der Waals surface area contributed by atoms with Crippen LogP contribution in [0.3, 0.4) is 0 Å². The van der Waals surface area contributed by atoms with Crippen LogP contribution < -0.4 is 11.3 Å². The summed E-state index contributed by atoms with van der Waals surface area (Å²) >= 11 is 0. The quantitative estimate of drug-likeness (QED) is 0.535. The van der Waals surface area contributed by atoms with Gasteiger partial charge in [0.1, 0.15) is 11.9 Å². The van der Waals surface area contributed by atoms with Gasteiger partial charge in [-0.2, -0.15) is 0 Å². The molecule has 1 heterocycles. The fourth-order valence-electron chi connectivity index (χ4n) is 1.57. The summed E-state index contributed by atoms with van der Waals surface area (Å²) in [7, 11) is 0. The standard InChI is InChI=1S/C12H13N3O/c13-15-12-10(7-4-8-14-12)11(16)9-5-2-1-3-6-9/h1-8,11,16H,13H2,(H,14,15). The van der Waals surface area contributed by atoms with E-state index in [2.05, 4.69) is 10.4 Å². The molecule has 0 bridgehead atoms. The summed E-state index contributed by atoms with van der Waals surface area (Å²) in [4.78, 5) is 4.05. The monoisotopic (exact) mass is 215 g/mol. The van der Waals surface area contributed by atoms with Crippen LogP contribution in [0.1, 0.15) is 17.2 Å². The Morgan fingerprint density at radius 1 is 1.12 bits per heavy atom. The summed E-state index contributed by atoms with van der Waals surface area (Å²) in [5, 5.41) is 10.2. The third-order valence-corrected chi connectivity index (χ3v) is 2.39. The first-order valence-corrected chi connectivity index (χ1v) is 4.97. The Labute approximate surface area is 93.7 Å². The number of hydrazine groups is 1. The second-order valence-electron chi connectivity index (χ2n) is 3.40. The molecule has 0 aliphatic carbocycles. The second-order valence-corrected chi connectivity index (χ2v) is 3.40. The highest BCUT2D eigenvalue weighted by Crippen LogP contribution is 2.25. The van der Waals surface area contributed by atoms with Crippen LogP contribution in [0.4, 0.5) is 5.82 Å². The molecule has 4 N–H and O–H groups in total. The zero-order chi connectivity index (χ0) is 11.4. The number of nitrogen functional groups attached to an aromatic ring is 1. The largest absolute Gasteiger partial charge is 0.384 e. The van der Waals surface area contributed by atoms with Crippen molar-refractivity contribution in [3.8, 4) is 0 Å². The first-order valence-electron chi connectivity index (χ1n) is 4.97. The predicted octanol–water partition coefficient (Wildman–Crippen LogP) is 1.45. The maximum atomic E-state index is 10.2. The molecule has 0 saturated carbocycles. The van der Waals surface area contributed by atoms with Gasteiger partial charge in [-0.05, 0) is 11.6 Å². The van der Waals surface area contributed by atoms with E-state index in [-0.39, 0.29) is 0 Å². The molecule has 4 nitrogen and oxygen atoms in total. The summed E-state index contributed by atoms with van der Waals surface area (Å²) in [6.07, 6.45) is 0.900. The predicted molar refractivity (Wildman–Crippen MR) is 62.6 cm³/mol. The first-order chi connectivity index (χ1) is 7.83. The Kier molecular flexibility index (Phi) is 3.14. The van der Waals surface area contributed by atoms with Gasteiger partial charge in [0.05, 0.1) is 0 Å². The van der Waals surface area contributed by atoms with E-state index in [1.807, 2.05) is 30.3 Å². The molecule has 0 amide bonds. The molecule has 2 rings (SSSR count). The van der Waals surface area contributed by atoms with Crippen LogP contribution in [0.15, 0.2) is 48.7 Å². The van der Waals surface area contributed by atoms with Gasteiger partial charge in [0, 0.05) is 11.8 Å². The van der Waals surface area contributed by atoms with Crippen LogP contribution in [0.25, 0.3) is 0 Å². The van der Waals surface area contributed by atoms with Gasteiger partial charge in [-0.25, -0.2) is 10.8 Å². The van der Waals surface area contributed by atoms with Crippen molar-refractivity contribution in [2.45, 2.75) is 6.10 Å². The van der Waals surface area contributed by atoms with Crippen molar-refractivity contribution in [2.75, 3.05) is 5.43 Å². The van der Waals surface area contributed by atoms with Gasteiger partial charge in [0.15, 0.2) is 0 Å². The highest BCUT2D eigenvalue weighted by atomic mass is 16.3. The topological polar surface area (TPSA) is 71.2 Å². The number of nitrogens with one attached hydrogen (secondary N) is 1. The Bertz CT molecular complexity index is 459. The van der Waals surface area contributed by atoms with Crippen molar-refractivity contribution in [1.82, 2.24) is 4.98 Å². The summed E-state index contributed by atoms with van der Waals surface area (Å²) in [5.74, 6) is 5.83. The number of rotatable bonds is 3. The van der Waals surface area contributed by atoms with Gasteiger partial charge < -0.3 is 10.5 Å². The van der Waals surface area contributed by atoms with E-state index in [1.54, 1.807) is 18.3 Å². The Balaban J connectivity index is 2.37. The van der Waals surface area contributed by atoms with E-state index >= 15 is 0 Å². The average Bonchev–Trinajstić information content (AvgIpc) is 2.39. The fourth-order valence-corrected chi connectivity index (χ4v) is 1.57. The molecule has 1 unspecified atom stereocenters. The summed E-state index contributed by atoms with van der Waals surface area (Å²) < 4.78 is 0. The molecule has 0 radical (unpaired) electrons. The van der Waals surface area contributed by atoms with Gasteiger partial charge in [-0.15, -0.1) is 0 Å². The summed E-state index contributed by atoms with van der Waals surface area (Å²) in [6, 6.07) is 12.9. The Morgan fingerprint density at radius 2 is 1.88 bits per heavy atom.